The summed E-state index contributed by atoms with van der Waals surface area (Å²) in [4.78, 5) is 12.2. The molecule has 0 aromatic heterocycles. The monoisotopic (exact) mass is 355 g/mol. The highest BCUT2D eigenvalue weighted by Gasteiger charge is 2.29. The predicted octanol–water partition coefficient (Wildman–Crippen LogP) is 3.42. The molecular formula is C19H34ClN3O. The average molecular weight is 356 g/mol. The van der Waals surface area contributed by atoms with Crippen LogP contribution in [0.1, 0.15) is 59.1 Å². The molecular weight excluding hydrogens is 322 g/mol. The summed E-state index contributed by atoms with van der Waals surface area (Å²) >= 11 is 0. The van der Waals surface area contributed by atoms with Crippen LogP contribution in [0.15, 0.2) is 30.3 Å². The highest BCUT2D eigenvalue weighted by Crippen LogP contribution is 2.21. The molecule has 24 heavy (non-hydrogen) atoms. The van der Waals surface area contributed by atoms with Crippen LogP contribution in [-0.2, 0) is 4.79 Å². The summed E-state index contributed by atoms with van der Waals surface area (Å²) in [5.41, 5.74) is 7.06. The van der Waals surface area contributed by atoms with Gasteiger partial charge in [-0.15, -0.1) is 12.4 Å². The molecule has 0 aliphatic heterocycles. The van der Waals surface area contributed by atoms with Crippen LogP contribution in [0.25, 0.3) is 0 Å². The Morgan fingerprint density at radius 3 is 2.12 bits per heavy atom. The van der Waals surface area contributed by atoms with E-state index in [1.165, 1.54) is 5.56 Å². The van der Waals surface area contributed by atoms with Gasteiger partial charge in [0, 0.05) is 18.1 Å². The number of carbonyl (C=O) groups excluding carboxylic acids is 1. The normalized spacial score (nSPS) is 14.0. The molecule has 138 valence electrons. The molecule has 1 amide bonds. The van der Waals surface area contributed by atoms with E-state index in [0.717, 1.165) is 12.8 Å². The number of nitrogens with one attached hydrogen (secondary N) is 2. The maximum Gasteiger partial charge on any atom is 0.237 e. The van der Waals surface area contributed by atoms with Crippen molar-refractivity contribution in [1.29, 1.82) is 0 Å². The molecule has 4 N–H and O–H groups in total. The largest absolute Gasteiger partial charge is 0.353 e. The fourth-order valence-electron chi connectivity index (χ4n) is 2.72. The molecule has 1 rings (SSSR count). The van der Waals surface area contributed by atoms with Crippen molar-refractivity contribution < 1.29 is 4.79 Å². The van der Waals surface area contributed by atoms with Crippen LogP contribution in [0, 0.1) is 5.92 Å². The van der Waals surface area contributed by atoms with Crippen molar-refractivity contribution in [1.82, 2.24) is 10.6 Å². The Hall–Kier alpha value is -1.10. The van der Waals surface area contributed by atoms with E-state index in [0.29, 0.717) is 6.54 Å². The van der Waals surface area contributed by atoms with Crippen molar-refractivity contribution >= 4 is 18.3 Å². The first-order chi connectivity index (χ1) is 10.8. The SMILES string of the molecule is CCC(CC)(CNC(=O)[C@@H](N)C(C)C)NC(C)c1ccccc1.Cl. The molecule has 0 heterocycles. The number of halogens is 1. The maximum atomic E-state index is 12.2. The van der Waals surface area contributed by atoms with Gasteiger partial charge in [-0.2, -0.15) is 0 Å². The third-order valence-electron chi connectivity index (χ3n) is 4.80. The summed E-state index contributed by atoms with van der Waals surface area (Å²) in [6.45, 7) is 11.0. The van der Waals surface area contributed by atoms with Gasteiger partial charge < -0.3 is 16.4 Å². The standard InChI is InChI=1S/C19H33N3O.ClH/c1-6-19(7-2,13-21-18(23)17(20)14(3)4)22-15(5)16-11-9-8-10-12-16;/h8-12,14-15,17,22H,6-7,13,20H2,1-5H3,(H,21,23);1H/t15?,17-;/m0./s1. The number of rotatable bonds is 9. The number of benzene rings is 1. The first-order valence-corrected chi connectivity index (χ1v) is 8.71. The number of amides is 1. The zero-order valence-corrected chi connectivity index (χ0v) is 16.5. The summed E-state index contributed by atoms with van der Waals surface area (Å²) in [5, 5.41) is 6.75. The third-order valence-corrected chi connectivity index (χ3v) is 4.80. The Labute approximate surface area is 153 Å². The second kappa shape index (κ2) is 10.7. The average Bonchev–Trinajstić information content (AvgIpc) is 2.58. The van der Waals surface area contributed by atoms with Crippen LogP contribution in [-0.4, -0.2) is 24.0 Å². The minimum absolute atomic E-state index is 0. The van der Waals surface area contributed by atoms with Crippen LogP contribution in [0.3, 0.4) is 0 Å². The van der Waals surface area contributed by atoms with E-state index in [1.54, 1.807) is 0 Å². The number of hydrogen-bond donors (Lipinski definition) is 3. The highest BCUT2D eigenvalue weighted by atomic mass is 35.5. The van der Waals surface area contributed by atoms with Gasteiger partial charge in [0.2, 0.25) is 5.91 Å². The molecule has 0 saturated heterocycles. The van der Waals surface area contributed by atoms with Gasteiger partial charge in [0.25, 0.3) is 0 Å². The fourth-order valence-corrected chi connectivity index (χ4v) is 2.72. The highest BCUT2D eigenvalue weighted by molar-refractivity contribution is 5.85. The lowest BCUT2D eigenvalue weighted by Crippen LogP contribution is -2.56. The summed E-state index contributed by atoms with van der Waals surface area (Å²) < 4.78 is 0. The Balaban J connectivity index is 0.00000529. The molecule has 1 aromatic rings. The maximum absolute atomic E-state index is 12.2. The van der Waals surface area contributed by atoms with Crippen molar-refractivity contribution in [3.63, 3.8) is 0 Å². The van der Waals surface area contributed by atoms with E-state index in [2.05, 4.69) is 55.7 Å². The zero-order chi connectivity index (χ0) is 17.5. The Morgan fingerprint density at radius 2 is 1.67 bits per heavy atom. The Morgan fingerprint density at radius 1 is 1.12 bits per heavy atom. The molecule has 0 aliphatic rings. The van der Waals surface area contributed by atoms with E-state index in [4.69, 9.17) is 5.73 Å². The predicted molar refractivity (Wildman–Crippen MR) is 104 cm³/mol. The minimum Gasteiger partial charge on any atom is -0.353 e. The van der Waals surface area contributed by atoms with Crippen LogP contribution in [0.4, 0.5) is 0 Å². The van der Waals surface area contributed by atoms with Crippen molar-refractivity contribution in [2.45, 2.75) is 65.1 Å². The first kappa shape index (κ1) is 22.9. The number of nitrogens with two attached hydrogens (primary N) is 1. The summed E-state index contributed by atoms with van der Waals surface area (Å²) in [6, 6.07) is 10.2. The minimum atomic E-state index is -0.451. The van der Waals surface area contributed by atoms with Crippen molar-refractivity contribution in [3.05, 3.63) is 35.9 Å². The van der Waals surface area contributed by atoms with E-state index in [9.17, 15) is 4.79 Å². The second-order valence-corrected chi connectivity index (χ2v) is 6.75. The smallest absolute Gasteiger partial charge is 0.237 e. The van der Waals surface area contributed by atoms with E-state index in [1.807, 2.05) is 19.9 Å². The van der Waals surface area contributed by atoms with Gasteiger partial charge in [0.1, 0.15) is 0 Å². The van der Waals surface area contributed by atoms with Crippen LogP contribution in [0.2, 0.25) is 0 Å². The molecule has 0 spiro atoms. The van der Waals surface area contributed by atoms with E-state index in [-0.39, 0.29) is 35.8 Å². The van der Waals surface area contributed by atoms with Gasteiger partial charge >= 0.3 is 0 Å². The summed E-state index contributed by atoms with van der Waals surface area (Å²) in [6.07, 6.45) is 1.88. The van der Waals surface area contributed by atoms with Crippen LogP contribution < -0.4 is 16.4 Å². The summed E-state index contributed by atoms with van der Waals surface area (Å²) in [7, 11) is 0. The summed E-state index contributed by atoms with van der Waals surface area (Å²) in [5.74, 6) is 0.0734. The van der Waals surface area contributed by atoms with Crippen molar-refractivity contribution in [2.75, 3.05) is 6.54 Å². The molecule has 0 saturated carbocycles. The van der Waals surface area contributed by atoms with Gasteiger partial charge in [0.15, 0.2) is 0 Å². The Bertz CT molecular complexity index is 475. The molecule has 0 aliphatic carbocycles. The molecule has 4 nitrogen and oxygen atoms in total. The number of carbonyl (C=O) groups is 1. The molecule has 2 atom stereocenters. The number of hydrogen-bond acceptors (Lipinski definition) is 3. The van der Waals surface area contributed by atoms with Gasteiger partial charge in [-0.3, -0.25) is 4.79 Å². The fraction of sp³-hybridized carbons (Fsp3) is 0.632. The third kappa shape index (κ3) is 6.42. The van der Waals surface area contributed by atoms with E-state index >= 15 is 0 Å². The molecule has 1 aromatic carbocycles. The molecule has 0 bridgehead atoms. The lowest BCUT2D eigenvalue weighted by Gasteiger charge is -2.37. The quantitative estimate of drug-likeness (QED) is 0.635. The van der Waals surface area contributed by atoms with E-state index < -0.39 is 6.04 Å². The topological polar surface area (TPSA) is 67.2 Å². The second-order valence-electron chi connectivity index (χ2n) is 6.75. The molecule has 0 radical (unpaired) electrons. The molecule has 0 fully saturated rings. The van der Waals surface area contributed by atoms with Gasteiger partial charge in [-0.05, 0) is 31.2 Å². The molecule has 5 heteroatoms. The lowest BCUT2D eigenvalue weighted by atomic mass is 9.90. The van der Waals surface area contributed by atoms with Crippen LogP contribution in [0.5, 0.6) is 0 Å². The first-order valence-electron chi connectivity index (χ1n) is 8.71. The van der Waals surface area contributed by atoms with Gasteiger partial charge in [-0.25, -0.2) is 0 Å². The van der Waals surface area contributed by atoms with Gasteiger partial charge in [0.05, 0.1) is 6.04 Å². The molecule has 1 unspecified atom stereocenters. The zero-order valence-electron chi connectivity index (χ0n) is 15.6. The Kier molecular flexibility index (Phi) is 10.2. The lowest BCUT2D eigenvalue weighted by molar-refractivity contribution is -0.123. The van der Waals surface area contributed by atoms with Crippen molar-refractivity contribution in [2.24, 2.45) is 11.7 Å². The van der Waals surface area contributed by atoms with Gasteiger partial charge in [-0.1, -0.05) is 58.0 Å². The van der Waals surface area contributed by atoms with Crippen LogP contribution >= 0.6 is 12.4 Å². The van der Waals surface area contributed by atoms with Crippen molar-refractivity contribution in [3.8, 4) is 0 Å².